The van der Waals surface area contributed by atoms with Gasteiger partial charge in [0.25, 0.3) is 5.91 Å². The Morgan fingerprint density at radius 2 is 1.71 bits per heavy atom. The van der Waals surface area contributed by atoms with Crippen molar-refractivity contribution in [3.8, 4) is 0 Å². The second kappa shape index (κ2) is 5.97. The van der Waals surface area contributed by atoms with Crippen molar-refractivity contribution in [2.75, 3.05) is 11.9 Å². The number of halogens is 2. The zero-order chi connectivity index (χ0) is 15.6. The lowest BCUT2D eigenvalue weighted by atomic mass is 10.1. The largest absolute Gasteiger partial charge is 0.389 e. The van der Waals surface area contributed by atoms with E-state index in [0.717, 1.165) is 12.1 Å². The molecule has 0 aromatic heterocycles. The highest BCUT2D eigenvalue weighted by Gasteiger charge is 2.16. The summed E-state index contributed by atoms with van der Waals surface area (Å²) in [6, 6.07) is 9.40. The summed E-state index contributed by atoms with van der Waals surface area (Å²) in [6.07, 6.45) is 0. The normalized spacial score (nSPS) is 10.2. The molecule has 3 nitrogen and oxygen atoms in total. The van der Waals surface area contributed by atoms with Crippen LogP contribution >= 0.6 is 12.2 Å². The summed E-state index contributed by atoms with van der Waals surface area (Å²) in [5.41, 5.74) is 6.59. The van der Waals surface area contributed by atoms with Crippen LogP contribution in [0.5, 0.6) is 0 Å². The number of nitrogens with two attached hydrogens (primary N) is 1. The summed E-state index contributed by atoms with van der Waals surface area (Å²) in [6.45, 7) is 0. The van der Waals surface area contributed by atoms with Gasteiger partial charge in [-0.15, -0.1) is 0 Å². The third-order valence-corrected chi connectivity index (χ3v) is 3.17. The van der Waals surface area contributed by atoms with E-state index in [-0.39, 0.29) is 10.6 Å². The van der Waals surface area contributed by atoms with E-state index in [1.54, 1.807) is 24.3 Å². The lowest BCUT2D eigenvalue weighted by molar-refractivity contribution is 0.0992. The SMILES string of the molecule is CN(C(=O)c1cc(F)cc(F)c1)c1cccc(C(N)=S)c1. The molecule has 6 heteroatoms. The van der Waals surface area contributed by atoms with Gasteiger partial charge in [0.05, 0.1) is 0 Å². The molecule has 0 bridgehead atoms. The summed E-state index contributed by atoms with van der Waals surface area (Å²) in [5, 5.41) is 0. The fourth-order valence-corrected chi connectivity index (χ4v) is 1.98. The van der Waals surface area contributed by atoms with Gasteiger partial charge in [0, 0.05) is 29.9 Å². The van der Waals surface area contributed by atoms with Gasteiger partial charge in [-0.25, -0.2) is 8.78 Å². The Balaban J connectivity index is 2.34. The first-order chi connectivity index (χ1) is 9.88. The Bertz CT molecular complexity index is 698. The van der Waals surface area contributed by atoms with Crippen molar-refractivity contribution in [3.05, 3.63) is 65.2 Å². The Morgan fingerprint density at radius 1 is 1.10 bits per heavy atom. The van der Waals surface area contributed by atoms with E-state index < -0.39 is 17.5 Å². The van der Waals surface area contributed by atoms with Crippen molar-refractivity contribution in [3.63, 3.8) is 0 Å². The predicted molar refractivity (Wildman–Crippen MR) is 81.4 cm³/mol. The molecule has 0 saturated carbocycles. The highest BCUT2D eigenvalue weighted by atomic mass is 32.1. The van der Waals surface area contributed by atoms with Gasteiger partial charge in [0.15, 0.2) is 0 Å². The van der Waals surface area contributed by atoms with Gasteiger partial charge in [-0.2, -0.15) is 0 Å². The third-order valence-electron chi connectivity index (χ3n) is 2.93. The van der Waals surface area contributed by atoms with Gasteiger partial charge in [0.2, 0.25) is 0 Å². The molecule has 0 saturated heterocycles. The Labute approximate surface area is 126 Å². The number of carbonyl (C=O) groups is 1. The number of hydrogen-bond donors (Lipinski definition) is 1. The zero-order valence-electron chi connectivity index (χ0n) is 11.1. The quantitative estimate of drug-likeness (QED) is 0.887. The van der Waals surface area contributed by atoms with Gasteiger partial charge in [0.1, 0.15) is 16.6 Å². The molecular weight excluding hydrogens is 294 g/mol. The molecule has 0 aliphatic carbocycles. The van der Waals surface area contributed by atoms with Gasteiger partial charge in [-0.1, -0.05) is 24.4 Å². The van der Waals surface area contributed by atoms with Crippen LogP contribution in [0, 0.1) is 11.6 Å². The molecule has 0 radical (unpaired) electrons. The van der Waals surface area contributed by atoms with Crippen LogP contribution in [0.15, 0.2) is 42.5 Å². The van der Waals surface area contributed by atoms with Crippen LogP contribution in [-0.4, -0.2) is 17.9 Å². The number of nitrogens with zero attached hydrogens (tertiary/aromatic N) is 1. The van der Waals surface area contributed by atoms with Crippen LogP contribution in [0.1, 0.15) is 15.9 Å². The van der Waals surface area contributed by atoms with Gasteiger partial charge in [-0.3, -0.25) is 4.79 Å². The van der Waals surface area contributed by atoms with E-state index in [1.165, 1.54) is 11.9 Å². The highest BCUT2D eigenvalue weighted by molar-refractivity contribution is 7.80. The van der Waals surface area contributed by atoms with Gasteiger partial charge in [-0.05, 0) is 24.3 Å². The molecule has 0 unspecified atom stereocenters. The molecule has 0 spiro atoms. The van der Waals surface area contributed by atoms with Gasteiger partial charge >= 0.3 is 0 Å². The number of rotatable bonds is 3. The summed E-state index contributed by atoms with van der Waals surface area (Å²) in [5.74, 6) is -2.14. The van der Waals surface area contributed by atoms with Crippen LogP contribution in [0.25, 0.3) is 0 Å². The maximum atomic E-state index is 13.2. The lowest BCUT2D eigenvalue weighted by Gasteiger charge is -2.18. The second-order valence-electron chi connectivity index (χ2n) is 4.44. The fraction of sp³-hybridized carbons (Fsp3) is 0.0667. The monoisotopic (exact) mass is 306 g/mol. The number of anilines is 1. The molecule has 21 heavy (non-hydrogen) atoms. The zero-order valence-corrected chi connectivity index (χ0v) is 12.0. The molecule has 1 amide bonds. The third kappa shape index (κ3) is 3.41. The van der Waals surface area contributed by atoms with E-state index in [9.17, 15) is 13.6 Å². The summed E-state index contributed by atoms with van der Waals surface area (Å²) < 4.78 is 26.4. The average Bonchev–Trinajstić information content (AvgIpc) is 2.44. The van der Waals surface area contributed by atoms with Gasteiger partial charge < -0.3 is 10.6 Å². The Kier molecular flexibility index (Phi) is 4.28. The molecule has 0 heterocycles. The highest BCUT2D eigenvalue weighted by Crippen LogP contribution is 2.18. The van der Waals surface area contributed by atoms with Crippen molar-refractivity contribution in [2.24, 2.45) is 5.73 Å². The molecule has 2 N–H and O–H groups in total. The van der Waals surface area contributed by atoms with Crippen LogP contribution in [0.3, 0.4) is 0 Å². The van der Waals surface area contributed by atoms with E-state index in [0.29, 0.717) is 17.3 Å². The second-order valence-corrected chi connectivity index (χ2v) is 4.88. The number of amides is 1. The van der Waals surface area contributed by atoms with E-state index in [1.807, 2.05) is 0 Å². The van der Waals surface area contributed by atoms with Crippen molar-refractivity contribution in [2.45, 2.75) is 0 Å². The first-order valence-electron chi connectivity index (χ1n) is 6.02. The maximum Gasteiger partial charge on any atom is 0.258 e. The number of hydrogen-bond acceptors (Lipinski definition) is 2. The molecular formula is C15H12F2N2OS. The number of thiocarbonyl (C=S) groups is 1. The molecule has 0 aliphatic rings. The first-order valence-corrected chi connectivity index (χ1v) is 6.43. The first kappa shape index (κ1) is 15.1. The van der Waals surface area contributed by atoms with Crippen LogP contribution in [-0.2, 0) is 0 Å². The Morgan fingerprint density at radius 3 is 2.29 bits per heavy atom. The Hall–Kier alpha value is -2.34. The minimum absolute atomic E-state index is 0.0734. The van der Waals surface area contributed by atoms with E-state index in [2.05, 4.69) is 0 Å². The molecule has 2 rings (SSSR count). The summed E-state index contributed by atoms with van der Waals surface area (Å²) >= 11 is 4.88. The molecule has 2 aromatic carbocycles. The molecule has 0 atom stereocenters. The van der Waals surface area contributed by atoms with Crippen molar-refractivity contribution in [1.29, 1.82) is 0 Å². The summed E-state index contributed by atoms with van der Waals surface area (Å²) in [7, 11) is 1.50. The number of carbonyl (C=O) groups excluding carboxylic acids is 1. The molecule has 0 fully saturated rings. The molecule has 108 valence electrons. The number of benzene rings is 2. The summed E-state index contributed by atoms with van der Waals surface area (Å²) in [4.78, 5) is 13.7. The minimum Gasteiger partial charge on any atom is -0.389 e. The molecule has 0 aliphatic heterocycles. The molecule has 2 aromatic rings. The van der Waals surface area contributed by atoms with Crippen LogP contribution in [0.2, 0.25) is 0 Å². The minimum atomic E-state index is -0.802. The van der Waals surface area contributed by atoms with Crippen molar-refractivity contribution in [1.82, 2.24) is 0 Å². The van der Waals surface area contributed by atoms with E-state index in [4.69, 9.17) is 18.0 Å². The predicted octanol–water partition coefficient (Wildman–Crippen LogP) is 2.88. The van der Waals surface area contributed by atoms with Crippen LogP contribution in [0.4, 0.5) is 14.5 Å². The van der Waals surface area contributed by atoms with Crippen LogP contribution < -0.4 is 10.6 Å². The van der Waals surface area contributed by atoms with E-state index >= 15 is 0 Å². The maximum absolute atomic E-state index is 13.2. The fourth-order valence-electron chi connectivity index (χ4n) is 1.86. The smallest absolute Gasteiger partial charge is 0.258 e. The lowest BCUT2D eigenvalue weighted by Crippen LogP contribution is -2.26. The van der Waals surface area contributed by atoms with Crippen molar-refractivity contribution < 1.29 is 13.6 Å². The average molecular weight is 306 g/mol. The topological polar surface area (TPSA) is 46.3 Å². The van der Waals surface area contributed by atoms with Crippen molar-refractivity contribution >= 4 is 28.8 Å². The standard InChI is InChI=1S/C15H12F2N2OS/c1-19(13-4-2-3-9(7-13)14(18)21)15(20)10-5-11(16)8-12(17)6-10/h2-8H,1H3,(H2,18,21).